The summed E-state index contributed by atoms with van der Waals surface area (Å²) in [6.45, 7) is 2.03. The molecule has 2 heterocycles. The van der Waals surface area contributed by atoms with Crippen molar-refractivity contribution in [2.24, 2.45) is 0 Å². The second-order valence-electron chi connectivity index (χ2n) is 3.42. The minimum absolute atomic E-state index is 0.242. The molecule has 0 saturated heterocycles. The second kappa shape index (κ2) is 5.18. The van der Waals surface area contributed by atoms with E-state index in [1.54, 1.807) is 19.3 Å². The van der Waals surface area contributed by atoms with Crippen molar-refractivity contribution in [2.45, 2.75) is 6.92 Å². The molecule has 2 rings (SSSR count). The summed E-state index contributed by atoms with van der Waals surface area (Å²) < 4.78 is 7.20. The number of pyridine rings is 1. The van der Waals surface area contributed by atoms with Gasteiger partial charge in [-0.3, -0.25) is 0 Å². The van der Waals surface area contributed by atoms with Gasteiger partial charge in [-0.2, -0.15) is 5.10 Å². The monoisotopic (exact) mass is 310 g/mol. The smallest absolute Gasteiger partial charge is 0.340 e. The highest BCUT2D eigenvalue weighted by Crippen LogP contribution is 2.20. The Morgan fingerprint density at radius 3 is 3.00 bits per heavy atom. The highest BCUT2D eigenvalue weighted by molar-refractivity contribution is 9.10. The molecule has 94 valence electrons. The zero-order chi connectivity index (χ0) is 13.1. The lowest BCUT2D eigenvalue weighted by molar-refractivity contribution is 0.0527. The fourth-order valence-electron chi connectivity index (χ4n) is 1.45. The molecule has 7 heteroatoms. The normalized spacial score (nSPS) is 10.3. The minimum Gasteiger partial charge on any atom is -0.462 e. The minimum atomic E-state index is -0.468. The number of halogens is 1. The van der Waals surface area contributed by atoms with Crippen LogP contribution in [0.25, 0.3) is 5.82 Å². The van der Waals surface area contributed by atoms with Gasteiger partial charge in [-0.25, -0.2) is 14.5 Å². The average Bonchev–Trinajstić information content (AvgIpc) is 2.76. The first-order valence-corrected chi connectivity index (χ1v) is 6.05. The van der Waals surface area contributed by atoms with E-state index in [4.69, 9.17) is 10.5 Å². The van der Waals surface area contributed by atoms with Crippen molar-refractivity contribution in [1.82, 2.24) is 14.8 Å². The molecule has 0 saturated carbocycles. The predicted octanol–water partition coefficient (Wildman–Crippen LogP) is 1.79. The third-order valence-electron chi connectivity index (χ3n) is 2.23. The largest absolute Gasteiger partial charge is 0.462 e. The molecule has 2 aromatic rings. The van der Waals surface area contributed by atoms with E-state index in [0.29, 0.717) is 12.4 Å². The second-order valence-corrected chi connectivity index (χ2v) is 4.34. The van der Waals surface area contributed by atoms with Crippen LogP contribution in [-0.4, -0.2) is 27.3 Å². The van der Waals surface area contributed by atoms with Crippen molar-refractivity contribution in [2.75, 3.05) is 12.3 Å². The number of carbonyl (C=O) groups is 1. The summed E-state index contributed by atoms with van der Waals surface area (Å²) in [5.74, 6) is -0.0730. The molecule has 0 spiro atoms. The number of hydrogen-bond acceptors (Lipinski definition) is 5. The Balaban J connectivity index is 2.45. The molecule has 0 aliphatic heterocycles. The molecule has 0 aromatic carbocycles. The van der Waals surface area contributed by atoms with Gasteiger partial charge in [0.15, 0.2) is 5.82 Å². The summed E-state index contributed by atoms with van der Waals surface area (Å²) in [5.41, 5.74) is 6.44. The highest BCUT2D eigenvalue weighted by atomic mass is 79.9. The molecule has 0 atom stereocenters. The summed E-state index contributed by atoms with van der Waals surface area (Å²) >= 11 is 3.28. The van der Waals surface area contributed by atoms with Gasteiger partial charge < -0.3 is 10.5 Å². The molecule has 0 bridgehead atoms. The van der Waals surface area contributed by atoms with Crippen LogP contribution < -0.4 is 5.73 Å². The molecular weight excluding hydrogens is 300 g/mol. The van der Waals surface area contributed by atoms with Crippen LogP contribution in [0.3, 0.4) is 0 Å². The standard InChI is InChI=1S/C11H11BrN4O2/c1-2-18-11(17)8-3-4-14-10(9(8)13)16-6-7(12)5-15-16/h3-6H,2,13H2,1H3. The van der Waals surface area contributed by atoms with Crippen LogP contribution in [0.1, 0.15) is 17.3 Å². The lowest BCUT2D eigenvalue weighted by atomic mass is 10.2. The number of aromatic nitrogens is 3. The van der Waals surface area contributed by atoms with Crippen LogP contribution in [0.4, 0.5) is 5.69 Å². The average molecular weight is 311 g/mol. The number of esters is 1. The van der Waals surface area contributed by atoms with E-state index < -0.39 is 5.97 Å². The molecule has 0 radical (unpaired) electrons. The topological polar surface area (TPSA) is 83.0 Å². The van der Waals surface area contributed by atoms with Gasteiger partial charge in [0.25, 0.3) is 0 Å². The number of carbonyl (C=O) groups excluding carboxylic acids is 1. The summed E-state index contributed by atoms with van der Waals surface area (Å²) in [6, 6.07) is 1.52. The number of hydrogen-bond donors (Lipinski definition) is 1. The SMILES string of the molecule is CCOC(=O)c1ccnc(-n2cc(Br)cn2)c1N. The van der Waals surface area contributed by atoms with Crippen molar-refractivity contribution >= 4 is 27.6 Å². The van der Waals surface area contributed by atoms with Crippen LogP contribution >= 0.6 is 15.9 Å². The molecule has 0 amide bonds. The van der Waals surface area contributed by atoms with E-state index in [-0.39, 0.29) is 11.3 Å². The first kappa shape index (κ1) is 12.6. The number of rotatable bonds is 3. The molecule has 2 N–H and O–H groups in total. The molecule has 0 fully saturated rings. The number of nitrogens with zero attached hydrogens (tertiary/aromatic N) is 3. The Hall–Kier alpha value is -1.89. The molecule has 6 nitrogen and oxygen atoms in total. The maximum atomic E-state index is 11.7. The van der Waals surface area contributed by atoms with Gasteiger partial charge in [0, 0.05) is 12.4 Å². The van der Waals surface area contributed by atoms with Gasteiger partial charge in [-0.1, -0.05) is 0 Å². The van der Waals surface area contributed by atoms with Crippen LogP contribution in [0, 0.1) is 0 Å². The van der Waals surface area contributed by atoms with Crippen LogP contribution in [0.15, 0.2) is 29.1 Å². The van der Waals surface area contributed by atoms with Crippen molar-refractivity contribution in [1.29, 1.82) is 0 Å². The lowest BCUT2D eigenvalue weighted by Crippen LogP contribution is -2.12. The molecule has 18 heavy (non-hydrogen) atoms. The Bertz CT molecular complexity index is 582. The third-order valence-corrected chi connectivity index (χ3v) is 2.64. The molecular formula is C11H11BrN4O2. The maximum Gasteiger partial charge on any atom is 0.340 e. The van der Waals surface area contributed by atoms with E-state index in [2.05, 4.69) is 26.0 Å². The quantitative estimate of drug-likeness (QED) is 0.874. The van der Waals surface area contributed by atoms with E-state index in [9.17, 15) is 4.79 Å². The molecule has 0 aliphatic carbocycles. The van der Waals surface area contributed by atoms with Crippen molar-refractivity contribution in [3.05, 3.63) is 34.7 Å². The Morgan fingerprint density at radius 2 is 2.39 bits per heavy atom. The van der Waals surface area contributed by atoms with Gasteiger partial charge in [0.05, 0.1) is 28.5 Å². The van der Waals surface area contributed by atoms with Crippen molar-refractivity contribution in [3.8, 4) is 5.82 Å². The van der Waals surface area contributed by atoms with E-state index in [1.807, 2.05) is 0 Å². The van der Waals surface area contributed by atoms with E-state index >= 15 is 0 Å². The predicted molar refractivity (Wildman–Crippen MR) is 69.4 cm³/mol. The number of ether oxygens (including phenoxy) is 1. The zero-order valence-electron chi connectivity index (χ0n) is 9.63. The summed E-state index contributed by atoms with van der Waals surface area (Å²) in [4.78, 5) is 15.8. The van der Waals surface area contributed by atoms with Gasteiger partial charge in [0.2, 0.25) is 0 Å². The Kier molecular flexibility index (Phi) is 3.61. The summed E-state index contributed by atoms with van der Waals surface area (Å²) in [6.07, 6.45) is 4.80. The van der Waals surface area contributed by atoms with Gasteiger partial charge >= 0.3 is 5.97 Å². The summed E-state index contributed by atoms with van der Waals surface area (Å²) in [7, 11) is 0. The molecule has 0 unspecified atom stereocenters. The van der Waals surface area contributed by atoms with Crippen LogP contribution in [0.2, 0.25) is 0 Å². The Labute approximate surface area is 112 Å². The maximum absolute atomic E-state index is 11.7. The molecule has 0 aliphatic rings. The van der Waals surface area contributed by atoms with Crippen LogP contribution in [-0.2, 0) is 4.74 Å². The van der Waals surface area contributed by atoms with E-state index in [1.165, 1.54) is 16.9 Å². The summed E-state index contributed by atoms with van der Waals surface area (Å²) in [5, 5.41) is 4.07. The fraction of sp³-hybridized carbons (Fsp3) is 0.182. The lowest BCUT2D eigenvalue weighted by Gasteiger charge is -2.08. The number of nitrogen functional groups attached to an aromatic ring is 1. The van der Waals surface area contributed by atoms with E-state index in [0.717, 1.165) is 4.47 Å². The van der Waals surface area contributed by atoms with Gasteiger partial charge in [-0.15, -0.1) is 0 Å². The first-order valence-electron chi connectivity index (χ1n) is 5.25. The van der Waals surface area contributed by atoms with Crippen LogP contribution in [0.5, 0.6) is 0 Å². The molecule has 2 aromatic heterocycles. The first-order chi connectivity index (χ1) is 8.63. The van der Waals surface area contributed by atoms with Crippen molar-refractivity contribution < 1.29 is 9.53 Å². The van der Waals surface area contributed by atoms with Gasteiger partial charge in [0.1, 0.15) is 0 Å². The van der Waals surface area contributed by atoms with Gasteiger partial charge in [-0.05, 0) is 28.9 Å². The zero-order valence-corrected chi connectivity index (χ0v) is 11.2. The third kappa shape index (κ3) is 2.35. The number of anilines is 1. The number of nitrogens with two attached hydrogens (primary N) is 1. The highest BCUT2D eigenvalue weighted by Gasteiger charge is 2.15. The van der Waals surface area contributed by atoms with Crippen molar-refractivity contribution in [3.63, 3.8) is 0 Å². The Morgan fingerprint density at radius 1 is 1.61 bits per heavy atom. The fourth-order valence-corrected chi connectivity index (χ4v) is 1.73.